The molecule has 3 aromatic heterocycles. The number of carbonyl (C=O) groups is 1. The van der Waals surface area contributed by atoms with Gasteiger partial charge in [-0.2, -0.15) is 5.10 Å². The summed E-state index contributed by atoms with van der Waals surface area (Å²) in [4.78, 5) is 27.6. The van der Waals surface area contributed by atoms with Crippen molar-refractivity contribution in [1.82, 2.24) is 34.1 Å². The van der Waals surface area contributed by atoms with Crippen molar-refractivity contribution in [1.29, 1.82) is 0 Å². The molecule has 5 rings (SSSR count). The Morgan fingerprint density at radius 3 is 2.43 bits per heavy atom. The molecule has 0 aliphatic carbocycles. The van der Waals surface area contributed by atoms with Gasteiger partial charge in [-0.1, -0.05) is 23.7 Å². The van der Waals surface area contributed by atoms with Crippen LogP contribution in [-0.4, -0.2) is 68.3 Å². The van der Waals surface area contributed by atoms with Gasteiger partial charge >= 0.3 is 0 Å². The van der Waals surface area contributed by atoms with Gasteiger partial charge in [-0.25, -0.2) is 9.97 Å². The molecular weight excluding hydrogens is 550 g/mol. The number of imidazole rings is 1. The highest BCUT2D eigenvalue weighted by atomic mass is 35.5. The minimum absolute atomic E-state index is 0.124. The van der Waals surface area contributed by atoms with Crippen molar-refractivity contribution in [2.75, 3.05) is 28.3 Å². The number of amides is 1. The van der Waals surface area contributed by atoms with Crippen LogP contribution >= 0.6 is 11.6 Å². The van der Waals surface area contributed by atoms with Crippen LogP contribution in [0.2, 0.25) is 5.02 Å². The Morgan fingerprint density at radius 1 is 1.00 bits per heavy atom. The number of hydrogen-bond acceptors (Lipinski definition) is 6. The quantitative estimate of drug-likeness (QED) is 0.210. The maximum atomic E-state index is 13.9. The van der Waals surface area contributed by atoms with Crippen LogP contribution in [0, 0.1) is 6.92 Å². The summed E-state index contributed by atoms with van der Waals surface area (Å²) in [6.45, 7) is 6.59. The molecule has 0 unspecified atom stereocenters. The van der Waals surface area contributed by atoms with E-state index in [1.54, 1.807) is 31.2 Å². The standard InChI is InChI=1S/C32H36ClN7O2/c1-7-40-21(2)23(16-34-40)18-38(5)32(41)27-15-29(35-28-13-10-24(33)14-26(27)28)30-19-39(31(36-30)20-37(3)4)17-22-8-11-25(42-6)12-9-22/h8-16,19H,7,17-18,20H2,1-6H3. The molecule has 0 saturated heterocycles. The third-order valence-corrected chi connectivity index (χ3v) is 7.59. The van der Waals surface area contributed by atoms with Crippen LogP contribution in [-0.2, 0) is 26.2 Å². The number of methoxy groups -OCH3 is 1. The van der Waals surface area contributed by atoms with E-state index in [1.807, 2.05) is 62.4 Å². The van der Waals surface area contributed by atoms with Crippen LogP contribution in [0.1, 0.15) is 39.9 Å². The minimum atomic E-state index is -0.124. The third kappa shape index (κ3) is 6.17. The highest BCUT2D eigenvalue weighted by Crippen LogP contribution is 2.29. The van der Waals surface area contributed by atoms with Crippen LogP contribution in [0.3, 0.4) is 0 Å². The zero-order valence-corrected chi connectivity index (χ0v) is 25.7. The molecule has 1 amide bonds. The molecule has 10 heteroatoms. The second kappa shape index (κ2) is 12.3. The molecule has 0 aliphatic rings. The number of carbonyl (C=O) groups excluding carboxylic acids is 1. The minimum Gasteiger partial charge on any atom is -0.497 e. The molecule has 9 nitrogen and oxygen atoms in total. The largest absolute Gasteiger partial charge is 0.497 e. The van der Waals surface area contributed by atoms with E-state index in [1.165, 1.54) is 0 Å². The van der Waals surface area contributed by atoms with E-state index < -0.39 is 0 Å². The van der Waals surface area contributed by atoms with Gasteiger partial charge in [0.05, 0.1) is 36.6 Å². The Balaban J connectivity index is 1.54. The molecule has 0 atom stereocenters. The number of halogens is 1. The van der Waals surface area contributed by atoms with Crippen LogP contribution in [0.5, 0.6) is 5.75 Å². The molecule has 5 aromatic rings. The van der Waals surface area contributed by atoms with Crippen molar-refractivity contribution in [2.24, 2.45) is 0 Å². The van der Waals surface area contributed by atoms with Crippen molar-refractivity contribution < 1.29 is 9.53 Å². The summed E-state index contributed by atoms with van der Waals surface area (Å²) in [5, 5.41) is 5.69. The van der Waals surface area contributed by atoms with E-state index in [-0.39, 0.29) is 5.91 Å². The number of aryl methyl sites for hydroxylation is 1. The van der Waals surface area contributed by atoms with Gasteiger partial charge in [0.1, 0.15) is 17.3 Å². The predicted molar refractivity (Wildman–Crippen MR) is 166 cm³/mol. The van der Waals surface area contributed by atoms with Gasteiger partial charge in [0.25, 0.3) is 5.91 Å². The van der Waals surface area contributed by atoms with Gasteiger partial charge in [0.2, 0.25) is 0 Å². The topological polar surface area (TPSA) is 81.3 Å². The maximum Gasteiger partial charge on any atom is 0.254 e. The smallest absolute Gasteiger partial charge is 0.254 e. The monoisotopic (exact) mass is 585 g/mol. The number of ether oxygens (including phenoxy) is 1. The Morgan fingerprint density at radius 2 is 1.76 bits per heavy atom. The highest BCUT2D eigenvalue weighted by Gasteiger charge is 2.21. The molecule has 0 saturated carbocycles. The zero-order chi connectivity index (χ0) is 30.0. The van der Waals surface area contributed by atoms with Crippen LogP contribution in [0.15, 0.2) is 60.9 Å². The average molecular weight is 586 g/mol. The van der Waals surface area contributed by atoms with Crippen LogP contribution in [0.25, 0.3) is 22.3 Å². The molecule has 0 fully saturated rings. The maximum absolute atomic E-state index is 13.9. The SMILES string of the molecule is CCn1ncc(CN(C)C(=O)c2cc(-c3cn(Cc4ccc(OC)cc4)c(CN(C)C)n3)nc3ccc(Cl)cc23)c1C. The number of pyridine rings is 1. The Kier molecular flexibility index (Phi) is 8.61. The zero-order valence-electron chi connectivity index (χ0n) is 24.9. The van der Waals surface area contributed by atoms with Crippen LogP contribution in [0.4, 0.5) is 0 Å². The van der Waals surface area contributed by atoms with Crippen molar-refractivity contribution in [3.63, 3.8) is 0 Å². The van der Waals surface area contributed by atoms with Crippen molar-refractivity contribution in [3.05, 3.63) is 94.2 Å². The molecule has 2 aromatic carbocycles. The number of fused-ring (bicyclic) bond motifs is 1. The molecule has 0 spiro atoms. The van der Waals surface area contributed by atoms with Gasteiger partial charge in [0, 0.05) is 54.5 Å². The molecule has 0 N–H and O–H groups in total. The summed E-state index contributed by atoms with van der Waals surface area (Å²) in [5.41, 5.74) is 5.73. The number of benzene rings is 2. The van der Waals surface area contributed by atoms with Gasteiger partial charge in [-0.05, 0) is 69.9 Å². The molecule has 3 heterocycles. The second-order valence-electron chi connectivity index (χ2n) is 10.7. The normalized spacial score (nSPS) is 11.4. The molecular formula is C32H36ClN7O2. The van der Waals surface area contributed by atoms with Crippen molar-refractivity contribution in [2.45, 2.75) is 40.0 Å². The molecule has 0 aliphatic heterocycles. The first-order valence-corrected chi connectivity index (χ1v) is 14.3. The lowest BCUT2D eigenvalue weighted by Gasteiger charge is -2.19. The fraction of sp³-hybridized carbons (Fsp3) is 0.312. The first-order chi connectivity index (χ1) is 20.2. The first-order valence-electron chi connectivity index (χ1n) is 13.9. The van der Waals surface area contributed by atoms with E-state index in [2.05, 4.69) is 33.6 Å². The van der Waals surface area contributed by atoms with Crippen LogP contribution < -0.4 is 4.74 Å². The molecule has 0 radical (unpaired) electrons. The van der Waals surface area contributed by atoms with E-state index >= 15 is 0 Å². The lowest BCUT2D eigenvalue weighted by atomic mass is 10.0. The summed E-state index contributed by atoms with van der Waals surface area (Å²) in [7, 11) is 7.50. The number of aromatic nitrogens is 5. The Bertz CT molecular complexity index is 1720. The third-order valence-electron chi connectivity index (χ3n) is 7.35. The van der Waals surface area contributed by atoms with E-state index in [0.29, 0.717) is 52.5 Å². The Labute approximate surface area is 251 Å². The summed E-state index contributed by atoms with van der Waals surface area (Å²) in [5.74, 6) is 1.59. The lowest BCUT2D eigenvalue weighted by molar-refractivity contribution is 0.0787. The molecule has 0 bridgehead atoms. The van der Waals surface area contributed by atoms with E-state index in [9.17, 15) is 4.79 Å². The van der Waals surface area contributed by atoms with Crippen molar-refractivity contribution in [3.8, 4) is 17.1 Å². The number of nitrogens with zero attached hydrogens (tertiary/aromatic N) is 7. The summed E-state index contributed by atoms with van der Waals surface area (Å²) < 4.78 is 9.38. The van der Waals surface area contributed by atoms with Gasteiger partial charge < -0.3 is 19.1 Å². The average Bonchev–Trinajstić information content (AvgIpc) is 3.54. The molecule has 42 heavy (non-hydrogen) atoms. The highest BCUT2D eigenvalue weighted by molar-refractivity contribution is 6.31. The van der Waals surface area contributed by atoms with Crippen molar-refractivity contribution >= 4 is 28.4 Å². The first kappa shape index (κ1) is 29.3. The van der Waals surface area contributed by atoms with E-state index in [4.69, 9.17) is 26.3 Å². The Hall–Kier alpha value is -4.21. The van der Waals surface area contributed by atoms with Gasteiger partial charge in [-0.3, -0.25) is 9.48 Å². The number of rotatable bonds is 10. The van der Waals surface area contributed by atoms with Gasteiger partial charge in [0.15, 0.2) is 0 Å². The van der Waals surface area contributed by atoms with Gasteiger partial charge in [-0.15, -0.1) is 0 Å². The summed E-state index contributed by atoms with van der Waals surface area (Å²) >= 11 is 6.38. The van der Waals surface area contributed by atoms with E-state index in [0.717, 1.165) is 34.9 Å². The second-order valence-corrected chi connectivity index (χ2v) is 11.1. The summed E-state index contributed by atoms with van der Waals surface area (Å²) in [6.07, 6.45) is 3.84. The summed E-state index contributed by atoms with van der Waals surface area (Å²) in [6, 6.07) is 15.3. The predicted octanol–water partition coefficient (Wildman–Crippen LogP) is 5.67. The lowest BCUT2D eigenvalue weighted by Crippen LogP contribution is -2.26. The number of hydrogen-bond donors (Lipinski definition) is 0. The molecule has 218 valence electrons. The fourth-order valence-electron chi connectivity index (χ4n) is 5.05. The fourth-order valence-corrected chi connectivity index (χ4v) is 5.22.